The van der Waals surface area contributed by atoms with E-state index < -0.39 is 0 Å². The van der Waals surface area contributed by atoms with Crippen LogP contribution in [0.25, 0.3) is 0 Å². The van der Waals surface area contributed by atoms with Crippen molar-refractivity contribution >= 4 is 0 Å². The van der Waals surface area contributed by atoms with Crippen molar-refractivity contribution in [1.29, 1.82) is 0 Å². The lowest BCUT2D eigenvalue weighted by molar-refractivity contribution is 0.527. The van der Waals surface area contributed by atoms with Crippen molar-refractivity contribution in [3.63, 3.8) is 0 Å². The van der Waals surface area contributed by atoms with Crippen molar-refractivity contribution in [2.45, 2.75) is 45.1 Å². The van der Waals surface area contributed by atoms with E-state index in [2.05, 4.69) is 80.8 Å². The third-order valence-corrected chi connectivity index (χ3v) is 4.16. The standard InChI is InChI=1S/C20H27N/c1-16(2)18-12-14-19(15-13-18)20(21-3)11-7-10-17-8-5-4-6-9-17/h4-6,8-9,12-16,20-21H,7,10-11H2,1-3H3. The summed E-state index contributed by atoms with van der Waals surface area (Å²) in [5.41, 5.74) is 4.25. The Labute approximate surface area is 129 Å². The molecule has 0 spiro atoms. The van der Waals surface area contributed by atoms with Gasteiger partial charge in [0.2, 0.25) is 0 Å². The number of nitrogens with one attached hydrogen (secondary N) is 1. The molecular weight excluding hydrogens is 254 g/mol. The highest BCUT2D eigenvalue weighted by Gasteiger charge is 2.09. The highest BCUT2D eigenvalue weighted by atomic mass is 14.9. The molecule has 0 aliphatic heterocycles. The summed E-state index contributed by atoms with van der Waals surface area (Å²) in [4.78, 5) is 0. The van der Waals surface area contributed by atoms with Crippen molar-refractivity contribution in [3.8, 4) is 0 Å². The van der Waals surface area contributed by atoms with Crippen LogP contribution in [0.4, 0.5) is 0 Å². The molecular formula is C20H27N. The second-order valence-corrected chi connectivity index (χ2v) is 6.04. The average molecular weight is 281 g/mol. The van der Waals surface area contributed by atoms with Crippen LogP contribution in [-0.2, 0) is 6.42 Å². The van der Waals surface area contributed by atoms with Crippen LogP contribution in [0.1, 0.15) is 55.3 Å². The topological polar surface area (TPSA) is 12.0 Å². The van der Waals surface area contributed by atoms with Gasteiger partial charge in [0, 0.05) is 6.04 Å². The monoisotopic (exact) mass is 281 g/mol. The van der Waals surface area contributed by atoms with Gasteiger partial charge in [0.25, 0.3) is 0 Å². The van der Waals surface area contributed by atoms with Gasteiger partial charge in [-0.05, 0) is 48.9 Å². The quantitative estimate of drug-likeness (QED) is 0.745. The smallest absolute Gasteiger partial charge is 0.0317 e. The fourth-order valence-corrected chi connectivity index (χ4v) is 2.75. The van der Waals surface area contributed by atoms with E-state index in [-0.39, 0.29) is 0 Å². The Balaban J connectivity index is 1.90. The van der Waals surface area contributed by atoms with Crippen LogP contribution in [0.3, 0.4) is 0 Å². The summed E-state index contributed by atoms with van der Waals surface area (Å²) in [5, 5.41) is 3.45. The molecule has 0 bridgehead atoms. The average Bonchev–Trinajstić information content (AvgIpc) is 2.53. The minimum Gasteiger partial charge on any atom is -0.313 e. The SMILES string of the molecule is CNC(CCCc1ccccc1)c1ccc(C(C)C)cc1. The predicted octanol–water partition coefficient (Wildman–Crippen LogP) is 5.09. The van der Waals surface area contributed by atoms with Gasteiger partial charge in [-0.15, -0.1) is 0 Å². The van der Waals surface area contributed by atoms with E-state index in [1.54, 1.807) is 0 Å². The third-order valence-electron chi connectivity index (χ3n) is 4.16. The first-order valence-electron chi connectivity index (χ1n) is 8.01. The summed E-state index contributed by atoms with van der Waals surface area (Å²) >= 11 is 0. The molecule has 1 atom stereocenters. The number of benzene rings is 2. The van der Waals surface area contributed by atoms with Gasteiger partial charge in [-0.2, -0.15) is 0 Å². The Hall–Kier alpha value is -1.60. The van der Waals surface area contributed by atoms with Crippen molar-refractivity contribution < 1.29 is 0 Å². The first-order valence-corrected chi connectivity index (χ1v) is 8.01. The Kier molecular flexibility index (Phi) is 6.01. The minimum atomic E-state index is 0.454. The van der Waals surface area contributed by atoms with Gasteiger partial charge in [-0.25, -0.2) is 0 Å². The van der Waals surface area contributed by atoms with E-state index in [4.69, 9.17) is 0 Å². The second kappa shape index (κ2) is 7.99. The van der Waals surface area contributed by atoms with Crippen molar-refractivity contribution in [2.24, 2.45) is 0 Å². The lowest BCUT2D eigenvalue weighted by Crippen LogP contribution is -2.16. The van der Waals surface area contributed by atoms with Gasteiger partial charge >= 0.3 is 0 Å². The highest BCUT2D eigenvalue weighted by molar-refractivity contribution is 5.27. The lowest BCUT2D eigenvalue weighted by Gasteiger charge is -2.17. The first kappa shape index (κ1) is 15.8. The number of hydrogen-bond donors (Lipinski definition) is 1. The van der Waals surface area contributed by atoms with E-state index >= 15 is 0 Å². The fraction of sp³-hybridized carbons (Fsp3) is 0.400. The molecule has 112 valence electrons. The molecule has 0 heterocycles. The summed E-state index contributed by atoms with van der Waals surface area (Å²) in [6.45, 7) is 4.48. The molecule has 2 aromatic rings. The van der Waals surface area contributed by atoms with Crippen molar-refractivity contribution in [2.75, 3.05) is 7.05 Å². The fourth-order valence-electron chi connectivity index (χ4n) is 2.75. The van der Waals surface area contributed by atoms with Gasteiger partial charge in [0.1, 0.15) is 0 Å². The number of hydrogen-bond acceptors (Lipinski definition) is 1. The zero-order valence-electron chi connectivity index (χ0n) is 13.5. The highest BCUT2D eigenvalue weighted by Crippen LogP contribution is 2.22. The van der Waals surface area contributed by atoms with Gasteiger partial charge in [-0.3, -0.25) is 0 Å². The summed E-state index contributed by atoms with van der Waals surface area (Å²) in [5.74, 6) is 0.602. The van der Waals surface area contributed by atoms with E-state index in [0.717, 1.165) is 6.42 Å². The second-order valence-electron chi connectivity index (χ2n) is 6.04. The Morgan fingerprint density at radius 2 is 1.48 bits per heavy atom. The van der Waals surface area contributed by atoms with E-state index in [9.17, 15) is 0 Å². The molecule has 1 unspecified atom stereocenters. The molecule has 0 aromatic heterocycles. The molecule has 0 saturated heterocycles. The van der Waals surface area contributed by atoms with Crippen LogP contribution in [0.5, 0.6) is 0 Å². The first-order chi connectivity index (χ1) is 10.2. The Morgan fingerprint density at radius 1 is 0.857 bits per heavy atom. The van der Waals surface area contributed by atoms with Crippen LogP contribution in [0, 0.1) is 0 Å². The van der Waals surface area contributed by atoms with E-state index in [1.807, 2.05) is 0 Å². The number of aryl methyl sites for hydroxylation is 1. The summed E-state index contributed by atoms with van der Waals surface area (Å²) in [7, 11) is 2.06. The van der Waals surface area contributed by atoms with E-state index in [0.29, 0.717) is 12.0 Å². The molecule has 0 fully saturated rings. The van der Waals surface area contributed by atoms with Crippen LogP contribution in [0.2, 0.25) is 0 Å². The molecule has 1 nitrogen and oxygen atoms in total. The zero-order chi connectivity index (χ0) is 15.1. The van der Waals surface area contributed by atoms with Crippen molar-refractivity contribution in [1.82, 2.24) is 5.32 Å². The van der Waals surface area contributed by atoms with E-state index in [1.165, 1.54) is 29.5 Å². The van der Waals surface area contributed by atoms with Gasteiger partial charge in [0.05, 0.1) is 0 Å². The maximum Gasteiger partial charge on any atom is 0.0317 e. The molecule has 0 amide bonds. The molecule has 2 rings (SSSR count). The maximum absolute atomic E-state index is 3.45. The predicted molar refractivity (Wildman–Crippen MR) is 91.7 cm³/mol. The molecule has 1 N–H and O–H groups in total. The van der Waals surface area contributed by atoms with Gasteiger partial charge in [-0.1, -0.05) is 68.4 Å². The summed E-state index contributed by atoms with van der Waals surface area (Å²) in [6, 6.07) is 20.3. The molecule has 0 aliphatic rings. The molecule has 2 aromatic carbocycles. The summed E-state index contributed by atoms with van der Waals surface area (Å²) in [6.07, 6.45) is 3.54. The zero-order valence-corrected chi connectivity index (χ0v) is 13.5. The third kappa shape index (κ3) is 4.71. The molecule has 1 heteroatoms. The maximum atomic E-state index is 3.45. The van der Waals surface area contributed by atoms with Crippen LogP contribution in [-0.4, -0.2) is 7.05 Å². The van der Waals surface area contributed by atoms with Crippen molar-refractivity contribution in [3.05, 3.63) is 71.3 Å². The summed E-state index contributed by atoms with van der Waals surface area (Å²) < 4.78 is 0. The number of rotatable bonds is 7. The minimum absolute atomic E-state index is 0.454. The largest absolute Gasteiger partial charge is 0.313 e. The molecule has 0 radical (unpaired) electrons. The molecule has 0 saturated carbocycles. The van der Waals surface area contributed by atoms with Crippen LogP contribution in [0.15, 0.2) is 54.6 Å². The Morgan fingerprint density at radius 3 is 2.05 bits per heavy atom. The van der Waals surface area contributed by atoms with Gasteiger partial charge < -0.3 is 5.32 Å². The Bertz CT molecular complexity index is 513. The normalized spacial score (nSPS) is 12.6. The molecule has 21 heavy (non-hydrogen) atoms. The van der Waals surface area contributed by atoms with Crippen LogP contribution < -0.4 is 5.32 Å². The molecule has 0 aliphatic carbocycles. The van der Waals surface area contributed by atoms with Gasteiger partial charge in [0.15, 0.2) is 0 Å². The lowest BCUT2D eigenvalue weighted by atomic mass is 9.96. The van der Waals surface area contributed by atoms with Crippen LogP contribution >= 0.6 is 0 Å².